The Morgan fingerprint density at radius 2 is 2.29 bits per heavy atom. The smallest absolute Gasteiger partial charge is 0.0547 e. The van der Waals surface area contributed by atoms with Crippen LogP contribution in [-0.4, -0.2) is 12.7 Å². The fourth-order valence-electron chi connectivity index (χ4n) is 0.319. The number of hydrogen-bond acceptors (Lipinski definition) is 1. The van der Waals surface area contributed by atoms with Crippen LogP contribution in [0.3, 0.4) is 0 Å². The first-order chi connectivity index (χ1) is 3.27. The van der Waals surface area contributed by atoms with Gasteiger partial charge in [-0.2, -0.15) is 0 Å². The molecule has 1 atom stereocenters. The summed E-state index contributed by atoms with van der Waals surface area (Å²) in [6.45, 7) is 8.52. The molecule has 0 aromatic heterocycles. The van der Waals surface area contributed by atoms with E-state index in [1.54, 1.807) is 0 Å². The quantitative estimate of drug-likeness (QED) is 0.525. The zero-order valence-corrected chi connectivity index (χ0v) is 5.11. The van der Waals surface area contributed by atoms with Crippen molar-refractivity contribution in [2.24, 2.45) is 0 Å². The van der Waals surface area contributed by atoms with E-state index in [1.165, 1.54) is 0 Å². The first-order valence-electron chi connectivity index (χ1n) is 2.72. The highest BCUT2D eigenvalue weighted by Crippen LogP contribution is 1.86. The summed E-state index contributed by atoms with van der Waals surface area (Å²) in [6, 6.07) is 0. The summed E-state index contributed by atoms with van der Waals surface area (Å²) in [5.74, 6) is 0. The third-order valence-electron chi connectivity index (χ3n) is 0.606. The van der Waals surface area contributed by atoms with Gasteiger partial charge in [-0.05, 0) is 20.3 Å². The Morgan fingerprint density at radius 3 is 2.43 bits per heavy atom. The Labute approximate surface area is 45.7 Å². The summed E-state index contributed by atoms with van der Waals surface area (Å²) in [6.07, 6.45) is 1.24. The van der Waals surface area contributed by atoms with Crippen LogP contribution in [0.5, 0.6) is 0 Å². The third kappa shape index (κ3) is 5.96. The van der Waals surface area contributed by atoms with Crippen LogP contribution in [0, 0.1) is 6.92 Å². The van der Waals surface area contributed by atoms with Gasteiger partial charge < -0.3 is 4.74 Å². The van der Waals surface area contributed by atoms with Gasteiger partial charge in [0.25, 0.3) is 0 Å². The molecule has 1 radical (unpaired) electrons. The molecule has 0 aromatic rings. The molecule has 43 valence electrons. The van der Waals surface area contributed by atoms with Crippen LogP contribution in [0.2, 0.25) is 0 Å². The van der Waals surface area contributed by atoms with Gasteiger partial charge >= 0.3 is 0 Å². The maximum atomic E-state index is 5.08. The molecule has 0 saturated heterocycles. The zero-order valence-electron chi connectivity index (χ0n) is 5.11. The predicted molar refractivity (Wildman–Crippen MR) is 31.1 cm³/mol. The average molecular weight is 101 g/mol. The summed E-state index contributed by atoms with van der Waals surface area (Å²) in [4.78, 5) is 0. The monoisotopic (exact) mass is 101 g/mol. The van der Waals surface area contributed by atoms with Crippen LogP contribution in [0.25, 0.3) is 0 Å². The van der Waals surface area contributed by atoms with Crippen LogP contribution in [0.15, 0.2) is 0 Å². The van der Waals surface area contributed by atoms with Gasteiger partial charge in [0, 0.05) is 6.61 Å². The molecule has 0 heterocycles. The minimum absolute atomic E-state index is 0.153. The zero-order chi connectivity index (χ0) is 5.70. The van der Waals surface area contributed by atoms with Crippen LogP contribution < -0.4 is 0 Å². The standard InChI is InChI=1S/C6H13O/c1-4-5-7-6(2)3/h6H,2,4-5H2,1,3H3. The molecular weight excluding hydrogens is 88.1 g/mol. The van der Waals surface area contributed by atoms with Gasteiger partial charge in [-0.25, -0.2) is 0 Å². The molecule has 0 aliphatic carbocycles. The second-order valence-corrected chi connectivity index (χ2v) is 1.68. The van der Waals surface area contributed by atoms with Crippen molar-refractivity contribution < 1.29 is 4.74 Å². The van der Waals surface area contributed by atoms with Crippen molar-refractivity contribution >= 4 is 0 Å². The minimum atomic E-state index is 0.153. The predicted octanol–water partition coefficient (Wildman–Crippen LogP) is 1.64. The fraction of sp³-hybridized carbons (Fsp3) is 0.833. The third-order valence-corrected chi connectivity index (χ3v) is 0.606. The molecule has 1 heteroatoms. The lowest BCUT2D eigenvalue weighted by molar-refractivity contribution is 0.0963. The molecule has 0 rings (SSSR count). The van der Waals surface area contributed by atoms with Crippen molar-refractivity contribution in [2.45, 2.75) is 26.4 Å². The maximum Gasteiger partial charge on any atom is 0.0547 e. The first kappa shape index (κ1) is 6.96. The Morgan fingerprint density at radius 1 is 1.71 bits per heavy atom. The Bertz CT molecular complexity index is 33.2. The first-order valence-corrected chi connectivity index (χ1v) is 2.72. The second-order valence-electron chi connectivity index (χ2n) is 1.68. The highest BCUT2D eigenvalue weighted by molar-refractivity contribution is 4.47. The number of hydrogen-bond donors (Lipinski definition) is 0. The van der Waals surface area contributed by atoms with E-state index in [0.717, 1.165) is 13.0 Å². The van der Waals surface area contributed by atoms with Crippen molar-refractivity contribution in [1.29, 1.82) is 0 Å². The maximum absolute atomic E-state index is 5.08. The van der Waals surface area contributed by atoms with Gasteiger partial charge in [0.05, 0.1) is 6.10 Å². The van der Waals surface area contributed by atoms with Gasteiger partial charge in [-0.1, -0.05) is 6.92 Å². The Hall–Kier alpha value is -0.0400. The second kappa shape index (κ2) is 4.13. The molecule has 0 aliphatic heterocycles. The number of ether oxygens (including phenoxy) is 1. The van der Waals surface area contributed by atoms with Crippen LogP contribution in [-0.2, 0) is 4.74 Å². The Balaban J connectivity index is 2.68. The van der Waals surface area contributed by atoms with Crippen molar-refractivity contribution in [2.75, 3.05) is 6.61 Å². The summed E-state index contributed by atoms with van der Waals surface area (Å²) in [7, 11) is 0. The van der Waals surface area contributed by atoms with E-state index in [9.17, 15) is 0 Å². The lowest BCUT2D eigenvalue weighted by atomic mass is 10.4. The topological polar surface area (TPSA) is 9.23 Å². The normalized spacial score (nSPS) is 10.3. The average Bonchev–Trinajstić information content (AvgIpc) is 1.61. The molecule has 0 aliphatic rings. The molecule has 0 N–H and O–H groups in total. The molecule has 1 unspecified atom stereocenters. The van der Waals surface area contributed by atoms with Crippen LogP contribution in [0.4, 0.5) is 0 Å². The van der Waals surface area contributed by atoms with Gasteiger partial charge in [0.1, 0.15) is 0 Å². The van der Waals surface area contributed by atoms with Gasteiger partial charge in [-0.15, -0.1) is 0 Å². The summed E-state index contributed by atoms with van der Waals surface area (Å²) in [5, 5.41) is 0. The molecule has 7 heavy (non-hydrogen) atoms. The van der Waals surface area contributed by atoms with Crippen molar-refractivity contribution in [3.8, 4) is 0 Å². The summed E-state index contributed by atoms with van der Waals surface area (Å²) in [5.41, 5.74) is 0. The highest BCUT2D eigenvalue weighted by Gasteiger charge is 1.87. The minimum Gasteiger partial charge on any atom is -0.379 e. The van der Waals surface area contributed by atoms with Crippen LogP contribution >= 0.6 is 0 Å². The van der Waals surface area contributed by atoms with E-state index in [2.05, 4.69) is 13.8 Å². The molecule has 0 amide bonds. The molecule has 1 nitrogen and oxygen atoms in total. The summed E-state index contributed by atoms with van der Waals surface area (Å²) >= 11 is 0. The van der Waals surface area contributed by atoms with E-state index in [1.807, 2.05) is 6.92 Å². The molecule has 0 spiro atoms. The Kier molecular flexibility index (Phi) is 4.10. The molecule has 0 bridgehead atoms. The van der Waals surface area contributed by atoms with Gasteiger partial charge in [-0.3, -0.25) is 0 Å². The molecule has 0 saturated carbocycles. The van der Waals surface area contributed by atoms with E-state index in [0.29, 0.717) is 0 Å². The molecular formula is C6H13O. The van der Waals surface area contributed by atoms with Crippen molar-refractivity contribution in [3.63, 3.8) is 0 Å². The SMILES string of the molecule is [CH2]C(C)OCCC. The van der Waals surface area contributed by atoms with E-state index >= 15 is 0 Å². The molecule has 0 fully saturated rings. The lowest BCUT2D eigenvalue weighted by Gasteiger charge is -2.02. The van der Waals surface area contributed by atoms with E-state index < -0.39 is 0 Å². The summed E-state index contributed by atoms with van der Waals surface area (Å²) < 4.78 is 5.08. The van der Waals surface area contributed by atoms with E-state index in [-0.39, 0.29) is 6.10 Å². The van der Waals surface area contributed by atoms with E-state index in [4.69, 9.17) is 4.74 Å². The molecule has 0 aromatic carbocycles. The number of rotatable bonds is 3. The van der Waals surface area contributed by atoms with Crippen molar-refractivity contribution in [1.82, 2.24) is 0 Å². The fourth-order valence-corrected chi connectivity index (χ4v) is 0.319. The largest absolute Gasteiger partial charge is 0.379 e. The van der Waals surface area contributed by atoms with Gasteiger partial charge in [0.15, 0.2) is 0 Å². The highest BCUT2D eigenvalue weighted by atomic mass is 16.5. The van der Waals surface area contributed by atoms with Crippen LogP contribution in [0.1, 0.15) is 20.3 Å². The van der Waals surface area contributed by atoms with Crippen molar-refractivity contribution in [3.05, 3.63) is 6.92 Å². The van der Waals surface area contributed by atoms with Gasteiger partial charge in [0.2, 0.25) is 0 Å². The lowest BCUT2D eigenvalue weighted by Crippen LogP contribution is -2.02.